The van der Waals surface area contributed by atoms with E-state index in [0.717, 1.165) is 64.2 Å². The number of quaternary nitrogens is 1. The number of carbonyl (C=O) groups excluding carboxylic acids is 2. The molecule has 0 aliphatic carbocycles. The van der Waals surface area contributed by atoms with E-state index in [-0.39, 0.29) is 36.2 Å². The fraction of sp³-hybridized carbons (Fsp3) is 0.844. The number of carbonyl (C=O) groups is 3. The number of hydrogen-bond donors (Lipinski definition) is 1. The molecule has 310 valence electrons. The van der Waals surface area contributed by atoms with Gasteiger partial charge in [-0.3, -0.25) is 9.59 Å². The Balaban J connectivity index is 4.35. The standard InChI is InChI=1S/C45H83NO7/c1-6-8-10-12-14-16-18-20-22-24-25-27-29-31-33-35-43(47)52-40-41(39-51-38-37-42(45(49)50)46(3,4)5)53-44(48)36-34-32-30-28-26-23-21-19-17-15-13-11-9-7-2/h13,15,19,21,41-42H,6-12,14,16-18,20,22-40H2,1-5H3/p+1/b15-13-,21-19-. The quantitative estimate of drug-likeness (QED) is 0.0289. The average Bonchev–Trinajstić information content (AvgIpc) is 3.11. The SMILES string of the molecule is CCCC/C=C\C/C=C\CCCCCCCC(=O)OC(COCCC(C(=O)O)[N+](C)(C)C)COC(=O)CCCCCCCCCCCCCCCCC. The highest BCUT2D eigenvalue weighted by molar-refractivity contribution is 5.72. The topological polar surface area (TPSA) is 99.1 Å². The summed E-state index contributed by atoms with van der Waals surface area (Å²) in [7, 11) is 5.52. The fourth-order valence-electron chi connectivity index (χ4n) is 6.40. The Morgan fingerprint density at radius 1 is 0.566 bits per heavy atom. The van der Waals surface area contributed by atoms with Gasteiger partial charge in [-0.15, -0.1) is 0 Å². The molecule has 53 heavy (non-hydrogen) atoms. The molecule has 8 heteroatoms. The minimum Gasteiger partial charge on any atom is -0.477 e. The van der Waals surface area contributed by atoms with Gasteiger partial charge in [0.1, 0.15) is 6.61 Å². The number of aliphatic carboxylic acids is 1. The molecule has 0 amide bonds. The zero-order valence-electron chi connectivity index (χ0n) is 35.2. The van der Waals surface area contributed by atoms with Crippen molar-refractivity contribution in [2.75, 3.05) is 41.0 Å². The van der Waals surface area contributed by atoms with Gasteiger partial charge in [0.05, 0.1) is 34.4 Å². The Morgan fingerprint density at radius 2 is 1.02 bits per heavy atom. The Bertz CT molecular complexity index is 926. The molecule has 0 rings (SSSR count). The van der Waals surface area contributed by atoms with Crippen molar-refractivity contribution in [3.63, 3.8) is 0 Å². The van der Waals surface area contributed by atoms with Gasteiger partial charge in [0.15, 0.2) is 12.1 Å². The molecular weight excluding hydrogens is 666 g/mol. The van der Waals surface area contributed by atoms with Crippen LogP contribution in [0.2, 0.25) is 0 Å². The molecular formula is C45H84NO7+. The summed E-state index contributed by atoms with van der Waals surface area (Å²) >= 11 is 0. The molecule has 0 fully saturated rings. The van der Waals surface area contributed by atoms with Crippen molar-refractivity contribution < 1.29 is 38.2 Å². The van der Waals surface area contributed by atoms with Crippen molar-refractivity contribution in [2.45, 2.75) is 206 Å². The van der Waals surface area contributed by atoms with Crippen LogP contribution >= 0.6 is 0 Å². The van der Waals surface area contributed by atoms with Crippen LogP contribution in [0.15, 0.2) is 24.3 Å². The zero-order valence-corrected chi connectivity index (χ0v) is 35.2. The van der Waals surface area contributed by atoms with E-state index in [0.29, 0.717) is 19.3 Å². The maximum Gasteiger partial charge on any atom is 0.362 e. The second kappa shape index (κ2) is 36.8. The summed E-state index contributed by atoms with van der Waals surface area (Å²) in [6.45, 7) is 4.69. The molecule has 0 heterocycles. The van der Waals surface area contributed by atoms with Crippen molar-refractivity contribution in [1.82, 2.24) is 0 Å². The lowest BCUT2D eigenvalue weighted by atomic mass is 10.0. The number of carboxylic acids is 1. The first kappa shape index (κ1) is 50.8. The van der Waals surface area contributed by atoms with Crippen LogP contribution in [0.3, 0.4) is 0 Å². The van der Waals surface area contributed by atoms with E-state index in [1.807, 2.05) is 21.1 Å². The number of allylic oxidation sites excluding steroid dienone is 4. The lowest BCUT2D eigenvalue weighted by Crippen LogP contribution is -2.50. The molecule has 0 aliphatic heterocycles. The lowest BCUT2D eigenvalue weighted by molar-refractivity contribution is -0.887. The molecule has 0 aromatic heterocycles. The second-order valence-electron chi connectivity index (χ2n) is 16.0. The van der Waals surface area contributed by atoms with Crippen molar-refractivity contribution in [2.24, 2.45) is 0 Å². The van der Waals surface area contributed by atoms with E-state index in [2.05, 4.69) is 38.2 Å². The highest BCUT2D eigenvalue weighted by Gasteiger charge is 2.31. The molecule has 1 N–H and O–H groups in total. The molecule has 8 nitrogen and oxygen atoms in total. The van der Waals surface area contributed by atoms with Gasteiger partial charge < -0.3 is 23.8 Å². The molecule has 0 radical (unpaired) electrons. The first-order valence-electron chi connectivity index (χ1n) is 21.9. The summed E-state index contributed by atoms with van der Waals surface area (Å²) in [5.74, 6) is -1.48. The van der Waals surface area contributed by atoms with Crippen LogP contribution in [0.5, 0.6) is 0 Å². The lowest BCUT2D eigenvalue weighted by Gasteiger charge is -2.31. The molecule has 0 saturated carbocycles. The minimum atomic E-state index is -0.876. The van der Waals surface area contributed by atoms with Gasteiger partial charge in [-0.2, -0.15) is 0 Å². The van der Waals surface area contributed by atoms with Crippen LogP contribution in [0.4, 0.5) is 0 Å². The van der Waals surface area contributed by atoms with Crippen LogP contribution < -0.4 is 0 Å². The van der Waals surface area contributed by atoms with E-state index in [1.165, 1.54) is 96.3 Å². The van der Waals surface area contributed by atoms with Crippen molar-refractivity contribution in [1.29, 1.82) is 0 Å². The first-order chi connectivity index (χ1) is 25.6. The smallest absolute Gasteiger partial charge is 0.362 e. The van der Waals surface area contributed by atoms with Gasteiger partial charge in [0.2, 0.25) is 0 Å². The average molecular weight is 751 g/mol. The van der Waals surface area contributed by atoms with Crippen LogP contribution in [0.1, 0.15) is 194 Å². The van der Waals surface area contributed by atoms with Gasteiger partial charge in [0, 0.05) is 19.3 Å². The molecule has 0 bridgehead atoms. The van der Waals surface area contributed by atoms with Gasteiger partial charge >= 0.3 is 17.9 Å². The van der Waals surface area contributed by atoms with E-state index < -0.39 is 18.1 Å². The molecule has 2 atom stereocenters. The predicted molar refractivity (Wildman–Crippen MR) is 220 cm³/mol. The number of unbranched alkanes of at least 4 members (excludes halogenated alkanes) is 21. The van der Waals surface area contributed by atoms with Crippen LogP contribution in [0, 0.1) is 0 Å². The van der Waals surface area contributed by atoms with Crippen LogP contribution in [-0.2, 0) is 28.6 Å². The van der Waals surface area contributed by atoms with Crippen LogP contribution in [-0.4, -0.2) is 80.6 Å². The number of ether oxygens (including phenoxy) is 3. The van der Waals surface area contributed by atoms with E-state index >= 15 is 0 Å². The molecule has 0 aliphatic rings. The van der Waals surface area contributed by atoms with E-state index in [4.69, 9.17) is 14.2 Å². The predicted octanol–water partition coefficient (Wildman–Crippen LogP) is 11.7. The number of carboxylic acid groups (broad SMARTS) is 1. The maximum absolute atomic E-state index is 12.7. The second-order valence-corrected chi connectivity index (χ2v) is 16.0. The van der Waals surface area contributed by atoms with Crippen molar-refractivity contribution in [3.05, 3.63) is 24.3 Å². The molecule has 0 spiro atoms. The molecule has 2 unspecified atom stereocenters. The number of rotatable bonds is 39. The summed E-state index contributed by atoms with van der Waals surface area (Å²) in [6.07, 6.45) is 39.2. The summed E-state index contributed by atoms with van der Waals surface area (Å²) < 4.78 is 17.3. The Labute approximate surface area is 326 Å². The fourth-order valence-corrected chi connectivity index (χ4v) is 6.40. The summed E-state index contributed by atoms with van der Waals surface area (Å²) in [5, 5.41) is 9.61. The zero-order chi connectivity index (χ0) is 39.3. The minimum absolute atomic E-state index is 0.0525. The van der Waals surface area contributed by atoms with Gasteiger partial charge in [-0.1, -0.05) is 160 Å². The van der Waals surface area contributed by atoms with E-state index in [9.17, 15) is 19.5 Å². The van der Waals surface area contributed by atoms with E-state index in [1.54, 1.807) is 0 Å². The third-order valence-electron chi connectivity index (χ3n) is 9.85. The summed E-state index contributed by atoms with van der Waals surface area (Å²) in [6, 6.07) is -0.614. The Hall–Kier alpha value is -2.19. The van der Waals surface area contributed by atoms with Gasteiger partial charge in [-0.25, -0.2) is 4.79 Å². The highest BCUT2D eigenvalue weighted by atomic mass is 16.6. The normalized spacial score (nSPS) is 13.2. The largest absolute Gasteiger partial charge is 0.477 e. The molecule has 0 aromatic rings. The third kappa shape index (κ3) is 35.3. The number of hydrogen-bond acceptors (Lipinski definition) is 6. The highest BCUT2D eigenvalue weighted by Crippen LogP contribution is 2.15. The Kier molecular flexibility index (Phi) is 35.2. The first-order valence-corrected chi connectivity index (χ1v) is 21.9. The van der Waals surface area contributed by atoms with Gasteiger partial charge in [0.25, 0.3) is 0 Å². The van der Waals surface area contributed by atoms with Crippen LogP contribution in [0.25, 0.3) is 0 Å². The Morgan fingerprint density at radius 3 is 1.51 bits per heavy atom. The van der Waals surface area contributed by atoms with Gasteiger partial charge in [-0.05, 0) is 38.5 Å². The van der Waals surface area contributed by atoms with Crippen molar-refractivity contribution >= 4 is 17.9 Å². The van der Waals surface area contributed by atoms with Crippen molar-refractivity contribution in [3.8, 4) is 0 Å². The summed E-state index contributed by atoms with van der Waals surface area (Å²) in [4.78, 5) is 36.9. The molecule has 0 aromatic carbocycles. The third-order valence-corrected chi connectivity index (χ3v) is 9.85. The summed E-state index contributed by atoms with van der Waals surface area (Å²) in [5.41, 5.74) is 0. The number of esters is 2. The maximum atomic E-state index is 12.7. The number of likely N-dealkylation sites (N-methyl/N-ethyl adjacent to an activating group) is 1. The number of nitrogens with zero attached hydrogens (tertiary/aromatic N) is 1. The molecule has 0 saturated heterocycles. The monoisotopic (exact) mass is 751 g/mol.